The molecule has 1 aliphatic carbocycles. The van der Waals surface area contributed by atoms with E-state index in [2.05, 4.69) is 93.3 Å². The van der Waals surface area contributed by atoms with Gasteiger partial charge in [0.1, 0.15) is 0 Å². The standard InChI is InChI=1S/C36H52N2/c1-8-9-22-37-24-18-32(19-25-37)38-23-11-14-30(17-26-38)28(2)12-10-13-29(3)31-15-16-33-34(27-31)36(6,7)21-20-35(33,4)5/h1,10,12-13,15-16,27,30,32H,3,9,11,14,17-26H2,2,4-7H3/b13-10-,28-12+. The van der Waals surface area contributed by atoms with E-state index in [9.17, 15) is 0 Å². The molecule has 2 saturated heterocycles. The zero-order chi connectivity index (χ0) is 27.3. The summed E-state index contributed by atoms with van der Waals surface area (Å²) in [5.41, 5.74) is 7.40. The molecule has 2 heterocycles. The molecule has 4 rings (SSSR count). The normalized spacial score (nSPS) is 25.1. The summed E-state index contributed by atoms with van der Waals surface area (Å²) < 4.78 is 0. The molecule has 2 aliphatic heterocycles. The van der Waals surface area contributed by atoms with E-state index in [0.29, 0.717) is 5.92 Å². The summed E-state index contributed by atoms with van der Waals surface area (Å²) in [5, 5.41) is 0. The Morgan fingerprint density at radius 1 is 1.00 bits per heavy atom. The molecule has 0 spiro atoms. The van der Waals surface area contributed by atoms with Crippen LogP contribution in [0.2, 0.25) is 0 Å². The molecular weight excluding hydrogens is 460 g/mol. The number of fused-ring (bicyclic) bond motifs is 1. The molecule has 2 fully saturated rings. The molecule has 1 aromatic rings. The first-order valence-electron chi connectivity index (χ1n) is 15.2. The van der Waals surface area contributed by atoms with Gasteiger partial charge in [0.15, 0.2) is 0 Å². The van der Waals surface area contributed by atoms with Gasteiger partial charge in [0.05, 0.1) is 0 Å². The zero-order valence-electron chi connectivity index (χ0n) is 25.0. The molecule has 0 radical (unpaired) electrons. The number of hydrogen-bond acceptors (Lipinski definition) is 2. The molecule has 0 aromatic heterocycles. The van der Waals surface area contributed by atoms with Crippen LogP contribution in [0.4, 0.5) is 0 Å². The molecule has 3 aliphatic rings. The third kappa shape index (κ3) is 6.91. The van der Waals surface area contributed by atoms with Crippen molar-refractivity contribution in [2.45, 2.75) is 103 Å². The van der Waals surface area contributed by atoms with Crippen LogP contribution in [0, 0.1) is 18.3 Å². The van der Waals surface area contributed by atoms with E-state index in [1.165, 1.54) is 93.4 Å². The van der Waals surface area contributed by atoms with E-state index in [-0.39, 0.29) is 10.8 Å². The summed E-state index contributed by atoms with van der Waals surface area (Å²) >= 11 is 0. The van der Waals surface area contributed by atoms with Gasteiger partial charge in [-0.25, -0.2) is 0 Å². The van der Waals surface area contributed by atoms with Gasteiger partial charge in [-0.2, -0.15) is 0 Å². The average molecular weight is 513 g/mol. The van der Waals surface area contributed by atoms with Crippen LogP contribution in [0.25, 0.3) is 5.57 Å². The second-order valence-corrected chi connectivity index (χ2v) is 13.5. The Kier molecular flexibility index (Phi) is 9.44. The van der Waals surface area contributed by atoms with Crippen LogP contribution < -0.4 is 0 Å². The number of allylic oxidation sites excluding steroid dienone is 5. The second-order valence-electron chi connectivity index (χ2n) is 13.5. The van der Waals surface area contributed by atoms with Crippen molar-refractivity contribution in [2.75, 3.05) is 32.7 Å². The summed E-state index contributed by atoms with van der Waals surface area (Å²) in [6.07, 6.45) is 22.1. The quantitative estimate of drug-likeness (QED) is 0.269. The number of benzene rings is 1. The van der Waals surface area contributed by atoms with E-state index in [0.717, 1.165) is 24.6 Å². The minimum atomic E-state index is 0.230. The summed E-state index contributed by atoms with van der Waals surface area (Å²) in [6, 6.07) is 7.82. The van der Waals surface area contributed by atoms with Gasteiger partial charge in [-0.3, -0.25) is 0 Å². The van der Waals surface area contributed by atoms with Gasteiger partial charge >= 0.3 is 0 Å². The fourth-order valence-electron chi connectivity index (χ4n) is 7.01. The van der Waals surface area contributed by atoms with Crippen LogP contribution in [-0.4, -0.2) is 48.6 Å². The summed E-state index contributed by atoms with van der Waals surface area (Å²) in [5.74, 6) is 3.49. The molecule has 1 aromatic carbocycles. The van der Waals surface area contributed by atoms with Gasteiger partial charge in [-0.15, -0.1) is 12.3 Å². The minimum Gasteiger partial charge on any atom is -0.302 e. The molecule has 38 heavy (non-hydrogen) atoms. The maximum atomic E-state index is 5.46. The molecule has 0 bridgehead atoms. The first kappa shape index (κ1) is 28.9. The number of likely N-dealkylation sites (tertiary alicyclic amines) is 2. The van der Waals surface area contributed by atoms with Crippen molar-refractivity contribution in [1.29, 1.82) is 0 Å². The van der Waals surface area contributed by atoms with Gasteiger partial charge in [-0.05, 0) is 117 Å². The van der Waals surface area contributed by atoms with Gasteiger partial charge in [-0.1, -0.05) is 76.3 Å². The van der Waals surface area contributed by atoms with Gasteiger partial charge in [0, 0.05) is 19.0 Å². The average Bonchev–Trinajstić information content (AvgIpc) is 3.17. The van der Waals surface area contributed by atoms with Crippen molar-refractivity contribution in [1.82, 2.24) is 9.80 Å². The van der Waals surface area contributed by atoms with Crippen LogP contribution in [-0.2, 0) is 10.8 Å². The van der Waals surface area contributed by atoms with E-state index in [1.807, 2.05) is 0 Å². The lowest BCUT2D eigenvalue weighted by Gasteiger charge is -2.42. The Hall–Kier alpha value is -2.08. The van der Waals surface area contributed by atoms with Crippen molar-refractivity contribution >= 4 is 5.57 Å². The summed E-state index contributed by atoms with van der Waals surface area (Å²) in [7, 11) is 0. The highest BCUT2D eigenvalue weighted by molar-refractivity contribution is 5.73. The molecule has 2 heteroatoms. The Bertz CT molecular complexity index is 1070. The maximum absolute atomic E-state index is 5.46. The second kappa shape index (κ2) is 12.4. The van der Waals surface area contributed by atoms with Crippen molar-refractivity contribution < 1.29 is 0 Å². The van der Waals surface area contributed by atoms with E-state index in [4.69, 9.17) is 6.42 Å². The Balaban J connectivity index is 1.32. The minimum absolute atomic E-state index is 0.230. The monoisotopic (exact) mass is 512 g/mol. The van der Waals surface area contributed by atoms with Crippen molar-refractivity contribution in [3.8, 4) is 12.3 Å². The molecular formula is C36H52N2. The fraction of sp³-hybridized carbons (Fsp3) is 0.611. The summed E-state index contributed by atoms with van der Waals surface area (Å²) in [4.78, 5) is 5.35. The number of piperidine rings is 1. The topological polar surface area (TPSA) is 6.48 Å². The molecule has 1 atom stereocenters. The van der Waals surface area contributed by atoms with E-state index in [1.54, 1.807) is 0 Å². The highest BCUT2D eigenvalue weighted by atomic mass is 15.2. The first-order valence-corrected chi connectivity index (χ1v) is 15.2. The van der Waals surface area contributed by atoms with E-state index >= 15 is 0 Å². The number of rotatable bonds is 7. The predicted octanol–water partition coefficient (Wildman–Crippen LogP) is 8.14. The molecule has 0 amide bonds. The highest BCUT2D eigenvalue weighted by Crippen LogP contribution is 2.46. The molecule has 0 saturated carbocycles. The molecule has 1 unspecified atom stereocenters. The summed E-state index contributed by atoms with van der Waals surface area (Å²) in [6.45, 7) is 22.3. The Labute approximate surface area is 234 Å². The van der Waals surface area contributed by atoms with Gasteiger partial charge in [0.25, 0.3) is 0 Å². The highest BCUT2D eigenvalue weighted by Gasteiger charge is 2.37. The lowest BCUT2D eigenvalue weighted by atomic mass is 9.63. The fourth-order valence-corrected chi connectivity index (χ4v) is 7.01. The number of terminal acetylenes is 1. The van der Waals surface area contributed by atoms with Crippen molar-refractivity contribution in [3.05, 3.63) is 65.3 Å². The molecule has 0 N–H and O–H groups in total. The lowest BCUT2D eigenvalue weighted by molar-refractivity contribution is 0.112. The van der Waals surface area contributed by atoms with Gasteiger partial charge in [0.2, 0.25) is 0 Å². The number of nitrogens with zero attached hydrogens (tertiary/aromatic N) is 2. The van der Waals surface area contributed by atoms with Crippen LogP contribution in [0.3, 0.4) is 0 Å². The van der Waals surface area contributed by atoms with Crippen LogP contribution in [0.15, 0.2) is 48.6 Å². The predicted molar refractivity (Wildman–Crippen MR) is 165 cm³/mol. The van der Waals surface area contributed by atoms with E-state index < -0.39 is 0 Å². The third-order valence-electron chi connectivity index (χ3n) is 9.93. The zero-order valence-corrected chi connectivity index (χ0v) is 25.0. The lowest BCUT2D eigenvalue weighted by Crippen LogP contribution is -2.45. The van der Waals surface area contributed by atoms with Crippen LogP contribution >= 0.6 is 0 Å². The molecule has 206 valence electrons. The SMILES string of the molecule is C#CCCN1CCC(N2CCCC(/C(C)=C/C=C\C(=C)c3ccc4c(c3)C(C)(C)CCC4(C)C)CC2)CC1. The first-order chi connectivity index (χ1) is 18.1. The third-order valence-corrected chi connectivity index (χ3v) is 9.93. The van der Waals surface area contributed by atoms with Crippen molar-refractivity contribution in [3.63, 3.8) is 0 Å². The van der Waals surface area contributed by atoms with Gasteiger partial charge < -0.3 is 9.80 Å². The Morgan fingerprint density at radius 2 is 1.71 bits per heavy atom. The largest absolute Gasteiger partial charge is 0.302 e. The molecule has 2 nitrogen and oxygen atoms in total. The maximum Gasteiger partial charge on any atom is 0.0214 e. The number of hydrogen-bond donors (Lipinski definition) is 0. The Morgan fingerprint density at radius 3 is 2.42 bits per heavy atom. The van der Waals surface area contributed by atoms with Crippen molar-refractivity contribution in [2.24, 2.45) is 5.92 Å². The van der Waals surface area contributed by atoms with Crippen LogP contribution in [0.5, 0.6) is 0 Å². The smallest absolute Gasteiger partial charge is 0.0214 e. The van der Waals surface area contributed by atoms with Crippen LogP contribution in [0.1, 0.15) is 103 Å².